The van der Waals surface area contributed by atoms with Gasteiger partial charge >= 0.3 is 0 Å². The Labute approximate surface area is 104 Å². The Balaban J connectivity index is 1.98. The monoisotopic (exact) mass is 252 g/mol. The Hall–Kier alpha value is -1.34. The highest BCUT2D eigenvalue weighted by Crippen LogP contribution is 2.12. The number of aromatic nitrogens is 5. The zero-order chi connectivity index (χ0) is 12.1. The van der Waals surface area contributed by atoms with Gasteiger partial charge in [-0.05, 0) is 36.7 Å². The van der Waals surface area contributed by atoms with Crippen molar-refractivity contribution in [3.05, 3.63) is 21.9 Å². The van der Waals surface area contributed by atoms with Crippen molar-refractivity contribution in [2.75, 3.05) is 6.54 Å². The SMILES string of the molecule is Cc1csc(Cc2nnnn2CCCCN)n1. The molecule has 2 aromatic heterocycles. The summed E-state index contributed by atoms with van der Waals surface area (Å²) >= 11 is 1.64. The van der Waals surface area contributed by atoms with E-state index in [2.05, 4.69) is 20.5 Å². The molecule has 17 heavy (non-hydrogen) atoms. The first kappa shape index (κ1) is 12.1. The molecule has 0 amide bonds. The van der Waals surface area contributed by atoms with Crippen LogP contribution in [0.15, 0.2) is 5.38 Å². The first-order valence-electron chi connectivity index (χ1n) is 5.65. The Bertz CT molecular complexity index is 463. The van der Waals surface area contributed by atoms with Gasteiger partial charge in [-0.3, -0.25) is 0 Å². The smallest absolute Gasteiger partial charge is 0.158 e. The number of nitrogens with two attached hydrogens (primary N) is 1. The fraction of sp³-hybridized carbons (Fsp3) is 0.600. The molecule has 2 rings (SSSR count). The summed E-state index contributed by atoms with van der Waals surface area (Å²) in [6.07, 6.45) is 2.70. The van der Waals surface area contributed by atoms with Gasteiger partial charge in [-0.15, -0.1) is 16.4 Å². The first-order chi connectivity index (χ1) is 8.29. The Morgan fingerprint density at radius 2 is 2.29 bits per heavy atom. The summed E-state index contributed by atoms with van der Waals surface area (Å²) in [4.78, 5) is 4.41. The van der Waals surface area contributed by atoms with E-state index in [9.17, 15) is 0 Å². The van der Waals surface area contributed by atoms with E-state index >= 15 is 0 Å². The van der Waals surface area contributed by atoms with Crippen LogP contribution in [0.4, 0.5) is 0 Å². The van der Waals surface area contributed by atoms with Crippen LogP contribution in [0, 0.1) is 6.92 Å². The average Bonchev–Trinajstić information content (AvgIpc) is 2.90. The predicted octanol–water partition coefficient (Wildman–Crippen LogP) is 0.768. The van der Waals surface area contributed by atoms with Crippen molar-refractivity contribution in [3.63, 3.8) is 0 Å². The lowest BCUT2D eigenvalue weighted by molar-refractivity contribution is 0.529. The number of tetrazole rings is 1. The van der Waals surface area contributed by atoms with Crippen LogP contribution in [0.3, 0.4) is 0 Å². The maximum atomic E-state index is 5.46. The second kappa shape index (κ2) is 5.83. The van der Waals surface area contributed by atoms with E-state index in [1.807, 2.05) is 17.0 Å². The van der Waals surface area contributed by atoms with Crippen LogP contribution in [0.5, 0.6) is 0 Å². The molecule has 7 heteroatoms. The van der Waals surface area contributed by atoms with Gasteiger partial charge in [0.2, 0.25) is 0 Å². The quantitative estimate of drug-likeness (QED) is 0.768. The molecule has 0 aromatic carbocycles. The van der Waals surface area contributed by atoms with Crippen molar-refractivity contribution in [1.29, 1.82) is 0 Å². The molecular formula is C10H16N6S. The van der Waals surface area contributed by atoms with E-state index in [0.717, 1.165) is 35.9 Å². The molecule has 0 fully saturated rings. The van der Waals surface area contributed by atoms with Gasteiger partial charge in [0.05, 0.1) is 6.42 Å². The summed E-state index contributed by atoms with van der Waals surface area (Å²) in [6, 6.07) is 0. The van der Waals surface area contributed by atoms with Crippen molar-refractivity contribution in [3.8, 4) is 0 Å². The fourth-order valence-electron chi connectivity index (χ4n) is 1.55. The van der Waals surface area contributed by atoms with Crippen LogP contribution < -0.4 is 5.73 Å². The zero-order valence-electron chi connectivity index (χ0n) is 9.83. The molecule has 2 aromatic rings. The van der Waals surface area contributed by atoms with Gasteiger partial charge in [0.1, 0.15) is 5.01 Å². The number of rotatable bonds is 6. The minimum absolute atomic E-state index is 0.703. The van der Waals surface area contributed by atoms with Crippen LogP contribution in [0.25, 0.3) is 0 Å². The molecule has 0 bridgehead atoms. The molecule has 0 saturated carbocycles. The summed E-state index contributed by atoms with van der Waals surface area (Å²) in [7, 11) is 0. The van der Waals surface area contributed by atoms with Gasteiger partial charge in [0, 0.05) is 17.6 Å². The standard InChI is InChI=1S/C10H16N6S/c1-8-7-17-10(12-8)6-9-13-14-15-16(9)5-3-2-4-11/h7H,2-6,11H2,1H3. The highest BCUT2D eigenvalue weighted by molar-refractivity contribution is 7.09. The fourth-order valence-corrected chi connectivity index (χ4v) is 2.32. The van der Waals surface area contributed by atoms with E-state index in [-0.39, 0.29) is 0 Å². The minimum Gasteiger partial charge on any atom is -0.330 e. The van der Waals surface area contributed by atoms with Gasteiger partial charge in [-0.25, -0.2) is 9.67 Å². The summed E-state index contributed by atoms with van der Waals surface area (Å²) in [5.74, 6) is 0.872. The molecule has 0 aliphatic rings. The van der Waals surface area contributed by atoms with Crippen molar-refractivity contribution < 1.29 is 0 Å². The minimum atomic E-state index is 0.703. The maximum absolute atomic E-state index is 5.46. The van der Waals surface area contributed by atoms with E-state index < -0.39 is 0 Å². The number of aryl methyl sites for hydroxylation is 2. The van der Waals surface area contributed by atoms with Gasteiger partial charge in [0.25, 0.3) is 0 Å². The lowest BCUT2D eigenvalue weighted by Gasteiger charge is -2.02. The summed E-state index contributed by atoms with van der Waals surface area (Å²) < 4.78 is 1.84. The van der Waals surface area contributed by atoms with Crippen molar-refractivity contribution >= 4 is 11.3 Å². The third-order valence-electron chi connectivity index (χ3n) is 2.41. The zero-order valence-corrected chi connectivity index (χ0v) is 10.7. The molecule has 0 aliphatic carbocycles. The molecule has 2 N–H and O–H groups in total. The van der Waals surface area contributed by atoms with E-state index in [4.69, 9.17) is 5.73 Å². The normalized spacial score (nSPS) is 10.9. The second-order valence-electron chi connectivity index (χ2n) is 3.87. The molecule has 0 unspecified atom stereocenters. The molecule has 92 valence electrons. The van der Waals surface area contributed by atoms with E-state index in [0.29, 0.717) is 13.0 Å². The highest BCUT2D eigenvalue weighted by Gasteiger charge is 2.08. The highest BCUT2D eigenvalue weighted by atomic mass is 32.1. The number of hydrogen-bond acceptors (Lipinski definition) is 6. The van der Waals surface area contributed by atoms with Gasteiger partial charge in [-0.2, -0.15) is 0 Å². The Morgan fingerprint density at radius 3 is 3.00 bits per heavy atom. The molecule has 0 radical (unpaired) electrons. The van der Waals surface area contributed by atoms with Crippen molar-refractivity contribution in [2.24, 2.45) is 5.73 Å². The number of nitrogens with zero attached hydrogens (tertiary/aromatic N) is 5. The predicted molar refractivity (Wildman–Crippen MR) is 65.8 cm³/mol. The molecule has 0 saturated heterocycles. The summed E-state index contributed by atoms with van der Waals surface area (Å²) in [6.45, 7) is 3.53. The Kier molecular flexibility index (Phi) is 4.16. The third-order valence-corrected chi connectivity index (χ3v) is 3.37. The van der Waals surface area contributed by atoms with Crippen molar-refractivity contribution in [1.82, 2.24) is 25.2 Å². The van der Waals surface area contributed by atoms with E-state index in [1.54, 1.807) is 11.3 Å². The summed E-state index contributed by atoms with van der Waals surface area (Å²) in [5.41, 5.74) is 6.51. The molecule has 0 spiro atoms. The van der Waals surface area contributed by atoms with Gasteiger partial charge < -0.3 is 5.73 Å². The number of hydrogen-bond donors (Lipinski definition) is 1. The van der Waals surface area contributed by atoms with Crippen LogP contribution >= 0.6 is 11.3 Å². The van der Waals surface area contributed by atoms with Crippen LogP contribution in [-0.4, -0.2) is 31.7 Å². The van der Waals surface area contributed by atoms with Crippen LogP contribution in [0.2, 0.25) is 0 Å². The molecule has 2 heterocycles. The van der Waals surface area contributed by atoms with Gasteiger partial charge in [-0.1, -0.05) is 0 Å². The largest absolute Gasteiger partial charge is 0.330 e. The molecule has 0 atom stereocenters. The topological polar surface area (TPSA) is 82.5 Å². The van der Waals surface area contributed by atoms with E-state index in [1.165, 1.54) is 0 Å². The average molecular weight is 252 g/mol. The lowest BCUT2D eigenvalue weighted by Crippen LogP contribution is -2.08. The maximum Gasteiger partial charge on any atom is 0.158 e. The Morgan fingerprint density at radius 1 is 1.41 bits per heavy atom. The van der Waals surface area contributed by atoms with Crippen molar-refractivity contribution in [2.45, 2.75) is 32.7 Å². The second-order valence-corrected chi connectivity index (χ2v) is 4.82. The number of thiazole rings is 1. The van der Waals surface area contributed by atoms with Crippen LogP contribution in [0.1, 0.15) is 29.4 Å². The first-order valence-corrected chi connectivity index (χ1v) is 6.53. The molecule has 0 aliphatic heterocycles. The molecule has 6 nitrogen and oxygen atoms in total. The molecular weight excluding hydrogens is 236 g/mol. The van der Waals surface area contributed by atoms with Gasteiger partial charge in [0.15, 0.2) is 5.82 Å². The number of unbranched alkanes of at least 4 members (excludes halogenated alkanes) is 1. The summed E-state index contributed by atoms with van der Waals surface area (Å²) in [5, 5.41) is 14.8. The third kappa shape index (κ3) is 3.31. The van der Waals surface area contributed by atoms with Crippen LogP contribution in [-0.2, 0) is 13.0 Å². The lowest BCUT2D eigenvalue weighted by atomic mass is 10.3.